The summed E-state index contributed by atoms with van der Waals surface area (Å²) in [6.07, 6.45) is 7.92. The molecule has 5 nitrogen and oxygen atoms in total. The Balaban J connectivity index is 0.00000243. The molecule has 1 aromatic heterocycles. The van der Waals surface area contributed by atoms with Crippen LogP contribution in [0.15, 0.2) is 23.3 Å². The summed E-state index contributed by atoms with van der Waals surface area (Å²) in [6, 6.07) is 3.36. The second kappa shape index (κ2) is 10.3. The van der Waals surface area contributed by atoms with Crippen LogP contribution < -0.4 is 15.5 Å². The van der Waals surface area contributed by atoms with Crippen molar-refractivity contribution < 1.29 is 4.39 Å². The normalized spacial score (nSPS) is 26.3. The quantitative estimate of drug-likeness (QED) is 0.398. The Hall–Kier alpha value is -1.12. The van der Waals surface area contributed by atoms with Crippen LogP contribution in [-0.4, -0.2) is 43.7 Å². The van der Waals surface area contributed by atoms with Crippen LogP contribution in [0.25, 0.3) is 0 Å². The molecule has 3 atom stereocenters. The van der Waals surface area contributed by atoms with E-state index in [4.69, 9.17) is 0 Å². The third kappa shape index (κ3) is 5.69. The van der Waals surface area contributed by atoms with Crippen molar-refractivity contribution in [1.29, 1.82) is 0 Å². The van der Waals surface area contributed by atoms with Crippen molar-refractivity contribution in [1.82, 2.24) is 15.6 Å². The molecule has 1 aliphatic carbocycles. The molecule has 0 spiro atoms. The van der Waals surface area contributed by atoms with Crippen molar-refractivity contribution in [3.05, 3.63) is 24.1 Å². The molecular formula is C19H31FIN5. The van der Waals surface area contributed by atoms with Crippen molar-refractivity contribution in [2.45, 2.75) is 45.1 Å². The molecule has 2 fully saturated rings. The van der Waals surface area contributed by atoms with Gasteiger partial charge in [-0.1, -0.05) is 19.8 Å². The Morgan fingerprint density at radius 3 is 2.96 bits per heavy atom. The lowest BCUT2D eigenvalue weighted by molar-refractivity contribution is 0.282. The molecule has 3 unspecified atom stereocenters. The minimum absolute atomic E-state index is 0. The van der Waals surface area contributed by atoms with E-state index < -0.39 is 0 Å². The molecule has 1 aliphatic heterocycles. The highest BCUT2D eigenvalue weighted by Gasteiger charge is 2.26. The highest BCUT2D eigenvalue weighted by atomic mass is 127. The van der Waals surface area contributed by atoms with Gasteiger partial charge in [0.1, 0.15) is 0 Å². The van der Waals surface area contributed by atoms with Gasteiger partial charge in [0.25, 0.3) is 0 Å². The molecule has 1 aromatic rings. The number of hydrogen-bond acceptors (Lipinski definition) is 3. The van der Waals surface area contributed by atoms with Crippen LogP contribution in [0.5, 0.6) is 0 Å². The average Bonchev–Trinajstić information content (AvgIpc) is 3.07. The summed E-state index contributed by atoms with van der Waals surface area (Å²) in [5.41, 5.74) is 0. The highest BCUT2D eigenvalue weighted by Crippen LogP contribution is 2.28. The zero-order valence-electron chi connectivity index (χ0n) is 15.7. The third-order valence-corrected chi connectivity index (χ3v) is 5.39. The number of nitrogens with one attached hydrogen (secondary N) is 2. The summed E-state index contributed by atoms with van der Waals surface area (Å²) in [7, 11) is 1.81. The molecule has 3 rings (SSSR count). The van der Waals surface area contributed by atoms with Crippen LogP contribution in [0.4, 0.5) is 10.2 Å². The minimum Gasteiger partial charge on any atom is -0.356 e. The maximum absolute atomic E-state index is 13.9. The van der Waals surface area contributed by atoms with Gasteiger partial charge < -0.3 is 15.5 Å². The maximum Gasteiger partial charge on any atom is 0.191 e. The number of aliphatic imine (C=N–C) groups is 1. The first-order valence-electron chi connectivity index (χ1n) is 9.48. The van der Waals surface area contributed by atoms with Gasteiger partial charge >= 0.3 is 0 Å². The fourth-order valence-corrected chi connectivity index (χ4v) is 4.05. The first-order chi connectivity index (χ1) is 12.2. The summed E-state index contributed by atoms with van der Waals surface area (Å²) in [5.74, 6) is 2.63. The van der Waals surface area contributed by atoms with Crippen LogP contribution in [0.1, 0.15) is 39.0 Å². The molecule has 7 heteroatoms. The van der Waals surface area contributed by atoms with Crippen molar-refractivity contribution >= 4 is 35.8 Å². The Labute approximate surface area is 173 Å². The van der Waals surface area contributed by atoms with Crippen molar-refractivity contribution in [2.75, 3.05) is 31.6 Å². The first-order valence-corrected chi connectivity index (χ1v) is 9.48. The van der Waals surface area contributed by atoms with Gasteiger partial charge in [0.15, 0.2) is 17.6 Å². The van der Waals surface area contributed by atoms with Gasteiger partial charge in [-0.05, 0) is 43.2 Å². The predicted molar refractivity (Wildman–Crippen MR) is 116 cm³/mol. The van der Waals surface area contributed by atoms with Crippen LogP contribution in [0.3, 0.4) is 0 Å². The van der Waals surface area contributed by atoms with E-state index in [9.17, 15) is 4.39 Å². The topological polar surface area (TPSA) is 52.6 Å². The molecule has 1 saturated heterocycles. The molecular weight excluding hydrogens is 444 g/mol. The van der Waals surface area contributed by atoms with E-state index in [1.165, 1.54) is 31.7 Å². The number of rotatable bonds is 4. The Bertz CT molecular complexity index is 597. The highest BCUT2D eigenvalue weighted by molar-refractivity contribution is 14.0. The first kappa shape index (κ1) is 21.2. The number of aromatic nitrogens is 1. The summed E-state index contributed by atoms with van der Waals surface area (Å²) in [6.45, 7) is 4.89. The number of pyridine rings is 1. The number of anilines is 1. The SMILES string of the molecule is CN=C(NCC1CCCC(C)C1)NC1CCN(c2ncccc2F)C1.I. The number of nitrogens with zero attached hydrogens (tertiary/aromatic N) is 3. The molecule has 0 amide bonds. The maximum atomic E-state index is 13.9. The zero-order valence-corrected chi connectivity index (χ0v) is 18.1. The molecule has 2 N–H and O–H groups in total. The van der Waals surface area contributed by atoms with Gasteiger partial charge in [-0.3, -0.25) is 4.99 Å². The van der Waals surface area contributed by atoms with Crippen molar-refractivity contribution in [3.63, 3.8) is 0 Å². The molecule has 0 aromatic carbocycles. The number of hydrogen-bond donors (Lipinski definition) is 2. The van der Waals surface area contributed by atoms with Crippen LogP contribution in [0.2, 0.25) is 0 Å². The zero-order chi connectivity index (χ0) is 17.6. The molecule has 2 aliphatic rings. The van der Waals surface area contributed by atoms with Gasteiger partial charge in [-0.2, -0.15) is 0 Å². The summed E-state index contributed by atoms with van der Waals surface area (Å²) >= 11 is 0. The predicted octanol–water partition coefficient (Wildman–Crippen LogP) is 3.41. The standard InChI is InChI=1S/C19H30FN5.HI/c1-14-5-3-6-15(11-14)12-23-19(21-2)24-16-8-10-25(13-16)18-17(20)7-4-9-22-18;/h4,7,9,14-16H,3,5-6,8,10-13H2,1-2H3,(H2,21,23,24);1H. The summed E-state index contributed by atoms with van der Waals surface area (Å²) in [4.78, 5) is 10.5. The third-order valence-electron chi connectivity index (χ3n) is 5.39. The van der Waals surface area contributed by atoms with Gasteiger partial charge in [0, 0.05) is 38.9 Å². The largest absolute Gasteiger partial charge is 0.356 e. The molecule has 146 valence electrons. The molecule has 0 radical (unpaired) electrons. The van der Waals surface area contributed by atoms with Gasteiger partial charge in [0.2, 0.25) is 0 Å². The van der Waals surface area contributed by atoms with Crippen molar-refractivity contribution in [3.8, 4) is 0 Å². The smallest absolute Gasteiger partial charge is 0.191 e. The average molecular weight is 475 g/mol. The number of guanidine groups is 1. The van der Waals surface area contributed by atoms with E-state index in [0.717, 1.165) is 43.9 Å². The second-order valence-corrected chi connectivity index (χ2v) is 7.48. The van der Waals surface area contributed by atoms with Crippen LogP contribution in [0, 0.1) is 17.7 Å². The molecule has 1 saturated carbocycles. The fraction of sp³-hybridized carbons (Fsp3) is 0.684. The second-order valence-electron chi connectivity index (χ2n) is 7.48. The van der Waals surface area contributed by atoms with E-state index in [1.807, 2.05) is 11.9 Å². The van der Waals surface area contributed by atoms with E-state index >= 15 is 0 Å². The number of halogens is 2. The minimum atomic E-state index is -0.253. The van der Waals surface area contributed by atoms with Gasteiger partial charge in [-0.15, -0.1) is 24.0 Å². The Morgan fingerprint density at radius 2 is 2.23 bits per heavy atom. The Morgan fingerprint density at radius 1 is 1.38 bits per heavy atom. The van der Waals surface area contributed by atoms with E-state index in [1.54, 1.807) is 12.3 Å². The summed E-state index contributed by atoms with van der Waals surface area (Å²) in [5, 5.41) is 6.97. The monoisotopic (exact) mass is 475 g/mol. The molecule has 2 heterocycles. The van der Waals surface area contributed by atoms with Crippen LogP contribution in [-0.2, 0) is 0 Å². The lowest BCUT2D eigenvalue weighted by Crippen LogP contribution is -2.46. The van der Waals surface area contributed by atoms with E-state index in [0.29, 0.717) is 5.82 Å². The van der Waals surface area contributed by atoms with Crippen LogP contribution >= 0.6 is 24.0 Å². The molecule has 26 heavy (non-hydrogen) atoms. The van der Waals surface area contributed by atoms with Crippen molar-refractivity contribution in [2.24, 2.45) is 16.8 Å². The lowest BCUT2D eigenvalue weighted by Gasteiger charge is -2.28. The van der Waals surface area contributed by atoms with Gasteiger partial charge in [0.05, 0.1) is 0 Å². The lowest BCUT2D eigenvalue weighted by atomic mass is 9.82. The Kier molecular flexibility index (Phi) is 8.37. The van der Waals surface area contributed by atoms with E-state index in [2.05, 4.69) is 27.5 Å². The molecule has 0 bridgehead atoms. The summed E-state index contributed by atoms with van der Waals surface area (Å²) < 4.78 is 13.9. The fourth-order valence-electron chi connectivity index (χ4n) is 4.05. The van der Waals surface area contributed by atoms with Gasteiger partial charge in [-0.25, -0.2) is 9.37 Å². The van der Waals surface area contributed by atoms with E-state index in [-0.39, 0.29) is 35.8 Å².